The normalized spacial score (nSPS) is 14.4. The van der Waals surface area contributed by atoms with Crippen molar-refractivity contribution in [2.24, 2.45) is 7.05 Å². The molecule has 0 saturated heterocycles. The first-order chi connectivity index (χ1) is 15.5. The molecule has 2 heteroatoms. The van der Waals surface area contributed by atoms with Gasteiger partial charge in [0, 0.05) is 33.9 Å². The topological polar surface area (TPSA) is 17.0 Å². The number of hydrogen-bond donors (Lipinski definition) is 0. The number of para-hydroxylation sites is 1. The molecule has 1 aliphatic carbocycles. The van der Waals surface area contributed by atoms with E-state index in [4.69, 9.17) is 4.42 Å². The first-order valence-corrected chi connectivity index (χ1v) is 11.2. The lowest BCUT2D eigenvalue weighted by molar-refractivity contribution is -0.660. The molecule has 0 bridgehead atoms. The second kappa shape index (κ2) is 6.67. The molecule has 0 amide bonds. The van der Waals surface area contributed by atoms with E-state index in [0.717, 1.165) is 38.8 Å². The lowest BCUT2D eigenvalue weighted by Crippen LogP contribution is -2.30. The van der Waals surface area contributed by atoms with Crippen molar-refractivity contribution >= 4 is 28.0 Å². The van der Waals surface area contributed by atoms with Crippen LogP contribution in [-0.4, -0.2) is 0 Å². The van der Waals surface area contributed by atoms with Crippen LogP contribution in [0.4, 0.5) is 0 Å². The number of hydrogen-bond acceptors (Lipinski definition) is 1. The highest BCUT2D eigenvalue weighted by atomic mass is 16.3. The standard InChI is InChI=1S/C30H26NO/c1-19-14-15-24-23-11-7-10-22(20-9-8-12-25-21(20)16-17-30(25,2)3)28(23)32-29(24)27(19)26-13-5-6-18-31(26)4/h5-18H,1-4H3/q+1. The Morgan fingerprint density at radius 1 is 0.781 bits per heavy atom. The first kappa shape index (κ1) is 19.1. The van der Waals surface area contributed by atoms with E-state index in [2.05, 4.69) is 117 Å². The summed E-state index contributed by atoms with van der Waals surface area (Å²) in [6, 6.07) is 23.9. The zero-order valence-corrected chi connectivity index (χ0v) is 18.9. The van der Waals surface area contributed by atoms with E-state index in [1.165, 1.54) is 22.3 Å². The van der Waals surface area contributed by atoms with Gasteiger partial charge >= 0.3 is 0 Å². The molecule has 0 N–H and O–H groups in total. The average Bonchev–Trinajstić information content (AvgIpc) is 3.31. The first-order valence-electron chi connectivity index (χ1n) is 11.2. The van der Waals surface area contributed by atoms with Crippen molar-refractivity contribution in [3.63, 3.8) is 0 Å². The summed E-state index contributed by atoms with van der Waals surface area (Å²) in [5.74, 6) is 0. The number of benzene rings is 3. The lowest BCUT2D eigenvalue weighted by atomic mass is 9.85. The molecule has 156 valence electrons. The lowest BCUT2D eigenvalue weighted by Gasteiger charge is -2.19. The Hall–Kier alpha value is -3.65. The summed E-state index contributed by atoms with van der Waals surface area (Å²) in [7, 11) is 2.09. The maximum Gasteiger partial charge on any atom is 0.216 e. The maximum absolute atomic E-state index is 6.73. The van der Waals surface area contributed by atoms with Gasteiger partial charge in [-0.15, -0.1) is 0 Å². The van der Waals surface area contributed by atoms with E-state index >= 15 is 0 Å². The number of pyridine rings is 1. The van der Waals surface area contributed by atoms with Crippen LogP contribution in [0.1, 0.15) is 30.5 Å². The van der Waals surface area contributed by atoms with Crippen molar-refractivity contribution in [1.82, 2.24) is 0 Å². The highest BCUT2D eigenvalue weighted by Gasteiger charge is 2.28. The molecule has 2 aromatic heterocycles. The summed E-state index contributed by atoms with van der Waals surface area (Å²) < 4.78 is 8.89. The van der Waals surface area contributed by atoms with Crippen LogP contribution in [0.5, 0.6) is 0 Å². The number of furan rings is 1. The van der Waals surface area contributed by atoms with Gasteiger partial charge in [-0.2, -0.15) is 0 Å². The van der Waals surface area contributed by atoms with E-state index in [9.17, 15) is 0 Å². The zero-order valence-electron chi connectivity index (χ0n) is 18.9. The molecule has 0 radical (unpaired) electrons. The van der Waals surface area contributed by atoms with E-state index < -0.39 is 0 Å². The molecule has 0 unspecified atom stereocenters. The van der Waals surface area contributed by atoms with Crippen LogP contribution in [0.15, 0.2) is 83.4 Å². The van der Waals surface area contributed by atoms with Crippen molar-refractivity contribution in [2.45, 2.75) is 26.2 Å². The van der Waals surface area contributed by atoms with E-state index in [1.54, 1.807) is 0 Å². The SMILES string of the molecule is Cc1ccc2c(oc3c(-c4cccc5c4C=CC5(C)C)cccc32)c1-c1cccc[n+]1C. The summed E-state index contributed by atoms with van der Waals surface area (Å²) in [5, 5.41) is 2.32. The fourth-order valence-electron chi connectivity index (χ4n) is 5.20. The maximum atomic E-state index is 6.73. The largest absolute Gasteiger partial charge is 0.454 e. The van der Waals surface area contributed by atoms with Crippen molar-refractivity contribution in [2.75, 3.05) is 0 Å². The molecule has 0 saturated carbocycles. The fourth-order valence-corrected chi connectivity index (χ4v) is 5.20. The molecule has 1 aliphatic rings. The average molecular weight is 417 g/mol. The third-order valence-electron chi connectivity index (χ3n) is 6.94. The molecule has 0 atom stereocenters. The Morgan fingerprint density at radius 2 is 1.56 bits per heavy atom. The van der Waals surface area contributed by atoms with Crippen LogP contribution in [-0.2, 0) is 12.5 Å². The number of aryl methyl sites for hydroxylation is 2. The van der Waals surface area contributed by atoms with Crippen LogP contribution < -0.4 is 4.57 Å². The van der Waals surface area contributed by atoms with Gasteiger partial charge in [-0.05, 0) is 35.2 Å². The number of nitrogens with zero attached hydrogens (tertiary/aromatic N) is 1. The quantitative estimate of drug-likeness (QED) is 0.275. The molecule has 6 rings (SSSR count). The van der Waals surface area contributed by atoms with Gasteiger partial charge in [-0.25, -0.2) is 4.57 Å². The molecule has 2 heterocycles. The minimum absolute atomic E-state index is 0.0550. The van der Waals surface area contributed by atoms with Gasteiger partial charge in [0.15, 0.2) is 6.20 Å². The number of allylic oxidation sites excluding steroid dienone is 1. The molecule has 3 aromatic carbocycles. The van der Waals surface area contributed by atoms with Gasteiger partial charge in [0.2, 0.25) is 5.69 Å². The van der Waals surface area contributed by atoms with Gasteiger partial charge in [0.05, 0.1) is 5.56 Å². The van der Waals surface area contributed by atoms with E-state index in [0.29, 0.717) is 0 Å². The molecular formula is C30H26NO+. The third kappa shape index (κ3) is 2.62. The second-order valence-electron chi connectivity index (χ2n) is 9.44. The minimum atomic E-state index is 0.0550. The number of rotatable bonds is 2. The third-order valence-corrected chi connectivity index (χ3v) is 6.94. The predicted octanol–water partition coefficient (Wildman–Crippen LogP) is 7.36. The van der Waals surface area contributed by atoms with Crippen molar-refractivity contribution < 1.29 is 8.98 Å². The number of fused-ring (bicyclic) bond motifs is 4. The monoisotopic (exact) mass is 416 g/mol. The molecule has 0 fully saturated rings. The number of aromatic nitrogens is 1. The summed E-state index contributed by atoms with van der Waals surface area (Å²) in [6.07, 6.45) is 6.66. The Kier molecular flexibility index (Phi) is 3.98. The molecule has 0 aliphatic heterocycles. The molecular weight excluding hydrogens is 390 g/mol. The summed E-state index contributed by atoms with van der Waals surface area (Å²) in [5.41, 5.74) is 10.6. The Labute approximate surface area is 188 Å². The van der Waals surface area contributed by atoms with Crippen molar-refractivity contribution in [1.29, 1.82) is 0 Å². The van der Waals surface area contributed by atoms with Crippen molar-refractivity contribution in [3.05, 3.63) is 95.7 Å². The van der Waals surface area contributed by atoms with Gasteiger partial charge < -0.3 is 4.42 Å². The van der Waals surface area contributed by atoms with Crippen LogP contribution in [0.25, 0.3) is 50.4 Å². The summed E-state index contributed by atoms with van der Waals surface area (Å²) >= 11 is 0. The highest BCUT2D eigenvalue weighted by molar-refractivity contribution is 6.13. The summed E-state index contributed by atoms with van der Waals surface area (Å²) in [4.78, 5) is 0. The molecule has 32 heavy (non-hydrogen) atoms. The smallest absolute Gasteiger partial charge is 0.216 e. The van der Waals surface area contributed by atoms with Crippen LogP contribution >= 0.6 is 0 Å². The van der Waals surface area contributed by atoms with Crippen molar-refractivity contribution in [3.8, 4) is 22.4 Å². The van der Waals surface area contributed by atoms with E-state index in [-0.39, 0.29) is 5.41 Å². The van der Waals surface area contributed by atoms with Crippen LogP contribution in [0, 0.1) is 6.92 Å². The fraction of sp³-hybridized carbons (Fsp3) is 0.167. The molecule has 0 spiro atoms. The van der Waals surface area contributed by atoms with Gasteiger partial charge in [0.1, 0.15) is 18.2 Å². The summed E-state index contributed by atoms with van der Waals surface area (Å²) in [6.45, 7) is 6.71. The second-order valence-corrected chi connectivity index (χ2v) is 9.44. The Morgan fingerprint density at radius 3 is 2.41 bits per heavy atom. The zero-order chi connectivity index (χ0) is 22.0. The van der Waals surface area contributed by atoms with Crippen LogP contribution in [0.2, 0.25) is 0 Å². The molecule has 2 nitrogen and oxygen atoms in total. The van der Waals surface area contributed by atoms with Gasteiger partial charge in [0.25, 0.3) is 0 Å². The van der Waals surface area contributed by atoms with Gasteiger partial charge in [-0.3, -0.25) is 0 Å². The van der Waals surface area contributed by atoms with Crippen LogP contribution in [0.3, 0.4) is 0 Å². The Bertz CT molecular complexity index is 1570. The predicted molar refractivity (Wildman–Crippen MR) is 133 cm³/mol. The molecule has 5 aromatic rings. The minimum Gasteiger partial charge on any atom is -0.454 e. The Balaban J connectivity index is 1.68. The highest BCUT2D eigenvalue weighted by Crippen LogP contribution is 2.44. The van der Waals surface area contributed by atoms with Gasteiger partial charge in [-0.1, -0.05) is 74.5 Å². The van der Waals surface area contributed by atoms with E-state index in [1.807, 2.05) is 0 Å².